The van der Waals surface area contributed by atoms with Crippen molar-refractivity contribution in [3.8, 4) is 0 Å². The van der Waals surface area contributed by atoms with E-state index >= 15 is 0 Å². The van der Waals surface area contributed by atoms with Gasteiger partial charge in [-0.3, -0.25) is 0 Å². The van der Waals surface area contributed by atoms with E-state index in [0.717, 1.165) is 37.8 Å². The van der Waals surface area contributed by atoms with E-state index < -0.39 is 23.5 Å². The Hall–Kier alpha value is -1.03. The molecule has 0 aromatic heterocycles. The molecule has 19 heavy (non-hydrogen) atoms. The minimum Gasteiger partial charge on any atom is -0.313 e. The Morgan fingerprint density at radius 2 is 1.68 bits per heavy atom. The molecule has 0 aliphatic carbocycles. The molecule has 0 aliphatic rings. The van der Waals surface area contributed by atoms with Gasteiger partial charge >= 0.3 is 0 Å². The van der Waals surface area contributed by atoms with Crippen LogP contribution in [-0.4, -0.2) is 7.05 Å². The van der Waals surface area contributed by atoms with Crippen molar-refractivity contribution in [2.24, 2.45) is 5.92 Å². The van der Waals surface area contributed by atoms with Crippen LogP contribution < -0.4 is 5.32 Å². The molecule has 0 aliphatic heterocycles. The van der Waals surface area contributed by atoms with Crippen molar-refractivity contribution in [1.82, 2.24) is 5.32 Å². The molecule has 1 rings (SSSR count). The van der Waals surface area contributed by atoms with E-state index in [0.29, 0.717) is 0 Å². The van der Waals surface area contributed by atoms with Gasteiger partial charge in [0.15, 0.2) is 0 Å². The fourth-order valence-electron chi connectivity index (χ4n) is 2.54. The van der Waals surface area contributed by atoms with Crippen LogP contribution in [0.15, 0.2) is 12.1 Å². The normalized spacial score (nSPS) is 14.4. The zero-order valence-corrected chi connectivity index (χ0v) is 11.8. The van der Waals surface area contributed by atoms with Crippen molar-refractivity contribution in [1.29, 1.82) is 0 Å². The van der Waals surface area contributed by atoms with Gasteiger partial charge in [-0.05, 0) is 19.4 Å². The van der Waals surface area contributed by atoms with Crippen LogP contribution in [0.25, 0.3) is 0 Å². The second kappa shape index (κ2) is 7.53. The number of hydrogen-bond acceptors (Lipinski definition) is 1. The first-order valence-electron chi connectivity index (χ1n) is 6.86. The van der Waals surface area contributed by atoms with Crippen molar-refractivity contribution in [3.63, 3.8) is 0 Å². The first-order chi connectivity index (χ1) is 9.04. The Kier molecular flexibility index (Phi) is 6.35. The molecule has 0 radical (unpaired) electrons. The van der Waals surface area contributed by atoms with Crippen LogP contribution in [0.4, 0.5) is 13.2 Å². The average Bonchev–Trinajstić information content (AvgIpc) is 2.36. The van der Waals surface area contributed by atoms with Crippen molar-refractivity contribution in [2.75, 3.05) is 7.05 Å². The molecule has 0 spiro atoms. The van der Waals surface area contributed by atoms with E-state index in [4.69, 9.17) is 0 Å². The number of benzene rings is 1. The molecule has 1 aromatic rings. The molecule has 0 bridgehead atoms. The van der Waals surface area contributed by atoms with Crippen molar-refractivity contribution >= 4 is 0 Å². The van der Waals surface area contributed by atoms with E-state index in [1.807, 2.05) is 6.92 Å². The van der Waals surface area contributed by atoms with Crippen LogP contribution in [0.5, 0.6) is 0 Å². The monoisotopic (exact) mass is 273 g/mol. The lowest BCUT2D eigenvalue weighted by atomic mass is 9.86. The summed E-state index contributed by atoms with van der Waals surface area (Å²) in [5, 5.41) is 2.98. The van der Waals surface area contributed by atoms with Gasteiger partial charge in [0.1, 0.15) is 17.5 Å². The maximum atomic E-state index is 13.8. The molecular weight excluding hydrogens is 251 g/mol. The van der Waals surface area contributed by atoms with Crippen molar-refractivity contribution in [3.05, 3.63) is 35.1 Å². The predicted octanol–water partition coefficient (Wildman–Crippen LogP) is 4.58. The highest BCUT2D eigenvalue weighted by atomic mass is 19.1. The fourth-order valence-corrected chi connectivity index (χ4v) is 2.54. The second-order valence-corrected chi connectivity index (χ2v) is 4.86. The highest BCUT2D eigenvalue weighted by Crippen LogP contribution is 2.32. The third-order valence-electron chi connectivity index (χ3n) is 3.59. The highest BCUT2D eigenvalue weighted by molar-refractivity contribution is 5.25. The van der Waals surface area contributed by atoms with Crippen LogP contribution in [0.1, 0.15) is 51.1 Å². The molecule has 1 N–H and O–H groups in total. The summed E-state index contributed by atoms with van der Waals surface area (Å²) in [6.45, 7) is 4.09. The molecule has 1 nitrogen and oxygen atoms in total. The SMILES string of the molecule is CCCCC(CC)C(NC)c1c(F)cc(F)cc1F. The molecule has 4 heteroatoms. The molecule has 0 saturated heterocycles. The minimum atomic E-state index is -0.879. The van der Waals surface area contributed by atoms with E-state index in [2.05, 4.69) is 12.2 Å². The zero-order chi connectivity index (χ0) is 14.4. The summed E-state index contributed by atoms with van der Waals surface area (Å²) >= 11 is 0. The summed E-state index contributed by atoms with van der Waals surface area (Å²) < 4.78 is 40.7. The van der Waals surface area contributed by atoms with Gasteiger partial charge in [0.2, 0.25) is 0 Å². The Bertz CT molecular complexity index is 383. The number of rotatable bonds is 7. The van der Waals surface area contributed by atoms with Gasteiger partial charge in [0.25, 0.3) is 0 Å². The molecule has 2 unspecified atom stereocenters. The Morgan fingerprint density at radius 3 is 2.11 bits per heavy atom. The van der Waals surface area contributed by atoms with E-state index in [-0.39, 0.29) is 11.5 Å². The Balaban J connectivity index is 3.07. The van der Waals surface area contributed by atoms with Crippen LogP contribution >= 0.6 is 0 Å². The third kappa shape index (κ3) is 3.96. The first kappa shape index (κ1) is 16.0. The van der Waals surface area contributed by atoms with Crippen molar-refractivity contribution in [2.45, 2.75) is 45.6 Å². The summed E-state index contributed by atoms with van der Waals surface area (Å²) in [6.07, 6.45) is 3.78. The number of nitrogens with one attached hydrogen (secondary N) is 1. The standard InChI is InChI=1S/C15H22F3N/c1-4-6-7-10(5-2)15(19-3)14-12(17)8-11(16)9-13(14)18/h8-10,15,19H,4-7H2,1-3H3. The smallest absolute Gasteiger partial charge is 0.133 e. The maximum Gasteiger partial charge on any atom is 0.133 e. The fraction of sp³-hybridized carbons (Fsp3) is 0.600. The average molecular weight is 273 g/mol. The number of halogens is 3. The molecule has 0 amide bonds. The maximum absolute atomic E-state index is 13.8. The third-order valence-corrected chi connectivity index (χ3v) is 3.59. The summed E-state index contributed by atoms with van der Waals surface area (Å²) in [4.78, 5) is 0. The van der Waals surface area contributed by atoms with Crippen LogP contribution in [0.2, 0.25) is 0 Å². The molecular formula is C15H22F3N. The molecule has 0 heterocycles. The van der Waals surface area contributed by atoms with Crippen LogP contribution in [-0.2, 0) is 0 Å². The Labute approximate surface area is 113 Å². The summed E-state index contributed by atoms with van der Waals surface area (Å²) in [7, 11) is 1.68. The van der Waals surface area contributed by atoms with E-state index in [1.165, 1.54) is 0 Å². The molecule has 0 fully saturated rings. The molecule has 0 saturated carbocycles. The lowest BCUT2D eigenvalue weighted by Gasteiger charge is -2.27. The summed E-state index contributed by atoms with van der Waals surface area (Å²) in [5.41, 5.74) is -0.0492. The van der Waals surface area contributed by atoms with Gasteiger partial charge in [-0.2, -0.15) is 0 Å². The second-order valence-electron chi connectivity index (χ2n) is 4.86. The van der Waals surface area contributed by atoms with Gasteiger partial charge in [-0.15, -0.1) is 0 Å². The van der Waals surface area contributed by atoms with Crippen LogP contribution in [0, 0.1) is 23.4 Å². The largest absolute Gasteiger partial charge is 0.313 e. The van der Waals surface area contributed by atoms with Gasteiger partial charge in [0.05, 0.1) is 0 Å². The minimum absolute atomic E-state index is 0.0492. The topological polar surface area (TPSA) is 12.0 Å². The number of hydrogen-bond donors (Lipinski definition) is 1. The molecule has 2 atom stereocenters. The first-order valence-corrected chi connectivity index (χ1v) is 6.86. The van der Waals surface area contributed by atoms with Crippen molar-refractivity contribution < 1.29 is 13.2 Å². The lowest BCUT2D eigenvalue weighted by molar-refractivity contribution is 0.320. The quantitative estimate of drug-likeness (QED) is 0.766. The lowest BCUT2D eigenvalue weighted by Crippen LogP contribution is -2.27. The Morgan fingerprint density at radius 1 is 1.11 bits per heavy atom. The zero-order valence-electron chi connectivity index (χ0n) is 11.8. The summed E-state index contributed by atoms with van der Waals surface area (Å²) in [6, 6.07) is 1.07. The number of unbranched alkanes of at least 4 members (excludes halogenated alkanes) is 1. The highest BCUT2D eigenvalue weighted by Gasteiger charge is 2.26. The molecule has 1 aromatic carbocycles. The summed E-state index contributed by atoms with van der Waals surface area (Å²) in [5.74, 6) is -2.37. The van der Waals surface area contributed by atoms with Gasteiger partial charge in [-0.25, -0.2) is 13.2 Å². The molecule has 108 valence electrons. The van der Waals surface area contributed by atoms with Gasteiger partial charge in [0, 0.05) is 23.7 Å². The van der Waals surface area contributed by atoms with E-state index in [1.54, 1.807) is 7.05 Å². The van der Waals surface area contributed by atoms with E-state index in [9.17, 15) is 13.2 Å². The van der Waals surface area contributed by atoms with Crippen LogP contribution in [0.3, 0.4) is 0 Å². The predicted molar refractivity (Wildman–Crippen MR) is 71.4 cm³/mol. The van der Waals surface area contributed by atoms with Gasteiger partial charge in [-0.1, -0.05) is 33.1 Å². The van der Waals surface area contributed by atoms with Gasteiger partial charge < -0.3 is 5.32 Å².